The zero-order chi connectivity index (χ0) is 21.6. The van der Waals surface area contributed by atoms with Gasteiger partial charge in [0.05, 0.1) is 6.54 Å². The number of aryl methyl sites for hydroxylation is 2. The van der Waals surface area contributed by atoms with Crippen LogP contribution in [0, 0.1) is 6.92 Å². The molecular weight excluding hydrogens is 398 g/mol. The minimum atomic E-state index is -3.66. The summed E-state index contributed by atoms with van der Waals surface area (Å²) < 4.78 is 28.8. The maximum atomic E-state index is 13.0. The number of hydrogen-bond donors (Lipinski definition) is 1. The summed E-state index contributed by atoms with van der Waals surface area (Å²) in [5.41, 5.74) is 3.28. The second-order valence-electron chi connectivity index (χ2n) is 7.95. The lowest BCUT2D eigenvalue weighted by Gasteiger charge is -2.34. The molecule has 2 aromatic rings. The predicted molar refractivity (Wildman–Crippen MR) is 119 cm³/mol. The molecule has 1 unspecified atom stereocenters. The Morgan fingerprint density at radius 2 is 1.70 bits per heavy atom. The zero-order valence-corrected chi connectivity index (χ0v) is 18.6. The lowest BCUT2D eigenvalue weighted by molar-refractivity contribution is -0.122. The summed E-state index contributed by atoms with van der Waals surface area (Å²) in [7, 11) is -3.66. The van der Waals surface area contributed by atoms with Crippen LogP contribution >= 0.6 is 0 Å². The van der Waals surface area contributed by atoms with Crippen LogP contribution in [-0.2, 0) is 28.0 Å². The normalized spacial score (nSPS) is 18.1. The lowest BCUT2D eigenvalue weighted by atomic mass is 10.1. The number of benzene rings is 2. The van der Waals surface area contributed by atoms with E-state index in [2.05, 4.69) is 17.4 Å². The lowest BCUT2D eigenvalue weighted by Crippen LogP contribution is -2.52. The van der Waals surface area contributed by atoms with Gasteiger partial charge >= 0.3 is 0 Å². The van der Waals surface area contributed by atoms with Crippen molar-refractivity contribution in [2.24, 2.45) is 0 Å². The molecule has 6 nitrogen and oxygen atoms in total. The first-order valence-electron chi connectivity index (χ1n) is 10.5. The van der Waals surface area contributed by atoms with Crippen LogP contribution in [0.4, 0.5) is 0 Å². The maximum Gasteiger partial charge on any atom is 0.282 e. The van der Waals surface area contributed by atoms with E-state index in [1.807, 2.05) is 56.3 Å². The molecule has 1 saturated heterocycles. The Hall–Kier alpha value is -2.22. The number of nitrogens with one attached hydrogen (secondary N) is 1. The Morgan fingerprint density at radius 3 is 2.43 bits per heavy atom. The minimum Gasteiger partial charge on any atom is -0.352 e. The van der Waals surface area contributed by atoms with Crippen molar-refractivity contribution in [1.82, 2.24) is 13.9 Å². The molecule has 0 spiro atoms. The number of carbonyl (C=O) groups excluding carboxylic acids is 1. The van der Waals surface area contributed by atoms with Gasteiger partial charge in [-0.05, 0) is 49.8 Å². The minimum absolute atomic E-state index is 0.0201. The van der Waals surface area contributed by atoms with Gasteiger partial charge in [-0.25, -0.2) is 0 Å². The van der Waals surface area contributed by atoms with Gasteiger partial charge in [0.25, 0.3) is 10.2 Å². The van der Waals surface area contributed by atoms with Gasteiger partial charge in [-0.2, -0.15) is 17.0 Å². The molecule has 7 heteroatoms. The summed E-state index contributed by atoms with van der Waals surface area (Å²) >= 11 is 0. The van der Waals surface area contributed by atoms with E-state index in [1.165, 1.54) is 14.2 Å². The Balaban J connectivity index is 1.54. The first kappa shape index (κ1) is 22.5. The molecule has 2 aromatic carbocycles. The van der Waals surface area contributed by atoms with E-state index in [1.54, 1.807) is 0 Å². The van der Waals surface area contributed by atoms with Crippen LogP contribution in [0.3, 0.4) is 0 Å². The third-order valence-corrected chi connectivity index (χ3v) is 7.44. The van der Waals surface area contributed by atoms with Gasteiger partial charge in [0.1, 0.15) is 0 Å². The van der Waals surface area contributed by atoms with Crippen LogP contribution in [0.15, 0.2) is 54.6 Å². The quantitative estimate of drug-likeness (QED) is 0.702. The van der Waals surface area contributed by atoms with E-state index in [9.17, 15) is 13.2 Å². The van der Waals surface area contributed by atoms with Crippen molar-refractivity contribution in [2.75, 3.05) is 19.6 Å². The average molecular weight is 430 g/mol. The van der Waals surface area contributed by atoms with Crippen molar-refractivity contribution in [3.63, 3.8) is 0 Å². The van der Waals surface area contributed by atoms with E-state index in [0.717, 1.165) is 24.0 Å². The fourth-order valence-electron chi connectivity index (χ4n) is 3.70. The van der Waals surface area contributed by atoms with Gasteiger partial charge in [0.15, 0.2) is 0 Å². The topological polar surface area (TPSA) is 69.7 Å². The summed E-state index contributed by atoms with van der Waals surface area (Å²) in [5, 5.41) is 2.95. The summed E-state index contributed by atoms with van der Waals surface area (Å²) in [6, 6.07) is 17.9. The van der Waals surface area contributed by atoms with Gasteiger partial charge in [-0.3, -0.25) is 4.79 Å². The van der Waals surface area contributed by atoms with E-state index in [0.29, 0.717) is 26.1 Å². The highest BCUT2D eigenvalue weighted by molar-refractivity contribution is 7.86. The second-order valence-corrected chi connectivity index (χ2v) is 9.88. The highest BCUT2D eigenvalue weighted by Gasteiger charge is 2.34. The predicted octanol–water partition coefficient (Wildman–Crippen LogP) is 2.89. The van der Waals surface area contributed by atoms with Gasteiger partial charge in [0, 0.05) is 25.7 Å². The van der Waals surface area contributed by atoms with Gasteiger partial charge in [0.2, 0.25) is 5.91 Å². The van der Waals surface area contributed by atoms with Crippen LogP contribution in [0.1, 0.15) is 36.5 Å². The zero-order valence-electron chi connectivity index (χ0n) is 17.8. The Bertz CT molecular complexity index is 947. The van der Waals surface area contributed by atoms with Crippen molar-refractivity contribution in [2.45, 2.75) is 45.7 Å². The number of rotatable bonds is 8. The fraction of sp³-hybridized carbons (Fsp3) is 0.435. The Kier molecular flexibility index (Phi) is 7.64. The standard InChI is InChI=1S/C23H31N3O3S/c1-19-9-6-7-12-22(19)17-25-15-8-16-26(30(25,28)29)18-23(27)24-20(2)13-14-21-10-4-3-5-11-21/h3-7,9-12,20H,8,13-18H2,1-2H3,(H,24,27). The molecule has 1 atom stereocenters. The first-order chi connectivity index (χ1) is 14.4. The SMILES string of the molecule is Cc1ccccc1CN1CCCN(CC(=O)NC(C)CCc2ccccc2)S1(=O)=O. The van der Waals surface area contributed by atoms with E-state index < -0.39 is 10.2 Å². The second kappa shape index (κ2) is 10.2. The van der Waals surface area contributed by atoms with Gasteiger partial charge in [-0.15, -0.1) is 0 Å². The van der Waals surface area contributed by atoms with Crippen molar-refractivity contribution in [1.29, 1.82) is 0 Å². The van der Waals surface area contributed by atoms with E-state index in [4.69, 9.17) is 0 Å². The Labute approximate surface area is 180 Å². The third-order valence-electron chi connectivity index (χ3n) is 5.51. The monoisotopic (exact) mass is 429 g/mol. The molecule has 0 aliphatic carbocycles. The number of amides is 1. The summed E-state index contributed by atoms with van der Waals surface area (Å²) in [5.74, 6) is -0.253. The Morgan fingerprint density at radius 1 is 1.03 bits per heavy atom. The highest BCUT2D eigenvalue weighted by Crippen LogP contribution is 2.20. The molecule has 0 aromatic heterocycles. The molecule has 30 heavy (non-hydrogen) atoms. The average Bonchev–Trinajstić information content (AvgIpc) is 2.72. The number of hydrogen-bond acceptors (Lipinski definition) is 3. The van der Waals surface area contributed by atoms with E-state index >= 15 is 0 Å². The van der Waals surface area contributed by atoms with Gasteiger partial charge < -0.3 is 5.32 Å². The largest absolute Gasteiger partial charge is 0.352 e. The summed E-state index contributed by atoms with van der Waals surface area (Å²) in [4.78, 5) is 12.5. The van der Waals surface area contributed by atoms with Crippen molar-refractivity contribution in [3.8, 4) is 0 Å². The fourth-order valence-corrected chi connectivity index (χ4v) is 5.33. The third kappa shape index (κ3) is 5.90. The molecule has 1 aliphatic rings. The molecule has 0 saturated carbocycles. The molecule has 162 valence electrons. The maximum absolute atomic E-state index is 13.0. The van der Waals surface area contributed by atoms with Crippen molar-refractivity contribution >= 4 is 16.1 Å². The number of nitrogens with zero attached hydrogens (tertiary/aromatic N) is 2. The molecule has 1 aliphatic heterocycles. The van der Waals surface area contributed by atoms with Crippen molar-refractivity contribution < 1.29 is 13.2 Å². The molecule has 3 rings (SSSR count). The van der Waals surface area contributed by atoms with Crippen LogP contribution in [0.5, 0.6) is 0 Å². The van der Waals surface area contributed by atoms with Gasteiger partial charge in [-0.1, -0.05) is 54.6 Å². The summed E-state index contributed by atoms with van der Waals surface area (Å²) in [6.07, 6.45) is 2.39. The van der Waals surface area contributed by atoms with Crippen LogP contribution in [-0.4, -0.2) is 48.6 Å². The highest BCUT2D eigenvalue weighted by atomic mass is 32.2. The molecule has 0 radical (unpaired) electrons. The van der Waals surface area contributed by atoms with E-state index in [-0.39, 0.29) is 18.5 Å². The van der Waals surface area contributed by atoms with Crippen molar-refractivity contribution in [3.05, 3.63) is 71.3 Å². The van der Waals surface area contributed by atoms with Crippen LogP contribution in [0.2, 0.25) is 0 Å². The molecule has 1 heterocycles. The molecule has 0 bridgehead atoms. The molecule has 1 fully saturated rings. The molecule has 1 amide bonds. The van der Waals surface area contributed by atoms with Crippen LogP contribution < -0.4 is 5.32 Å². The first-order valence-corrected chi connectivity index (χ1v) is 11.9. The summed E-state index contributed by atoms with van der Waals surface area (Å²) in [6.45, 7) is 4.98. The molecule has 1 N–H and O–H groups in total. The molecular formula is C23H31N3O3S. The van der Waals surface area contributed by atoms with Crippen LogP contribution in [0.25, 0.3) is 0 Å². The smallest absolute Gasteiger partial charge is 0.282 e. The number of carbonyl (C=O) groups is 1.